The number of nitrogens with two attached hydrogens (primary N) is 1. The molecule has 0 fully saturated rings. The average Bonchev–Trinajstić information content (AvgIpc) is 2.34. The molecule has 0 heterocycles. The SMILES string of the molecule is COC(C)(C)CNC(=O)CCc1cccc(N)c1. The van der Waals surface area contributed by atoms with Crippen molar-refractivity contribution in [3.8, 4) is 0 Å². The molecule has 0 aliphatic rings. The van der Waals surface area contributed by atoms with Gasteiger partial charge in [-0.05, 0) is 38.0 Å². The number of rotatable bonds is 6. The highest BCUT2D eigenvalue weighted by Crippen LogP contribution is 2.09. The van der Waals surface area contributed by atoms with Crippen LogP contribution in [0.2, 0.25) is 0 Å². The highest BCUT2D eigenvalue weighted by Gasteiger charge is 2.16. The first-order valence-electron chi connectivity index (χ1n) is 6.09. The topological polar surface area (TPSA) is 64.3 Å². The third kappa shape index (κ3) is 5.19. The molecule has 0 aliphatic heterocycles. The molecule has 0 aromatic heterocycles. The van der Waals surface area contributed by atoms with Crippen molar-refractivity contribution in [1.29, 1.82) is 0 Å². The molecule has 0 aliphatic carbocycles. The summed E-state index contributed by atoms with van der Waals surface area (Å²) >= 11 is 0. The van der Waals surface area contributed by atoms with Gasteiger partial charge in [0.1, 0.15) is 0 Å². The van der Waals surface area contributed by atoms with Crippen LogP contribution < -0.4 is 11.1 Å². The molecular formula is C14H22N2O2. The van der Waals surface area contributed by atoms with Crippen molar-refractivity contribution >= 4 is 11.6 Å². The third-order valence-corrected chi connectivity index (χ3v) is 2.86. The third-order valence-electron chi connectivity index (χ3n) is 2.86. The first kappa shape index (κ1) is 14.5. The van der Waals surface area contributed by atoms with Crippen LogP contribution in [0.5, 0.6) is 0 Å². The standard InChI is InChI=1S/C14H22N2O2/c1-14(2,18-3)10-16-13(17)8-7-11-5-4-6-12(15)9-11/h4-6,9H,7-8,10,15H2,1-3H3,(H,16,17). The second kappa shape index (κ2) is 6.40. The maximum absolute atomic E-state index is 11.7. The number of ether oxygens (including phenoxy) is 1. The van der Waals surface area contributed by atoms with Gasteiger partial charge in [-0.3, -0.25) is 4.79 Å². The zero-order valence-electron chi connectivity index (χ0n) is 11.3. The van der Waals surface area contributed by atoms with Crippen molar-refractivity contribution in [3.63, 3.8) is 0 Å². The van der Waals surface area contributed by atoms with Gasteiger partial charge in [0.05, 0.1) is 5.60 Å². The van der Waals surface area contributed by atoms with Gasteiger partial charge in [0.15, 0.2) is 0 Å². The zero-order chi connectivity index (χ0) is 13.6. The second-order valence-electron chi connectivity index (χ2n) is 4.99. The molecule has 0 spiro atoms. The van der Waals surface area contributed by atoms with E-state index in [4.69, 9.17) is 10.5 Å². The van der Waals surface area contributed by atoms with Gasteiger partial charge >= 0.3 is 0 Å². The fourth-order valence-corrected chi connectivity index (χ4v) is 1.48. The predicted molar refractivity (Wildman–Crippen MR) is 73.3 cm³/mol. The fourth-order valence-electron chi connectivity index (χ4n) is 1.48. The molecular weight excluding hydrogens is 228 g/mol. The Labute approximate surface area is 109 Å². The summed E-state index contributed by atoms with van der Waals surface area (Å²) < 4.78 is 5.24. The van der Waals surface area contributed by atoms with Gasteiger partial charge in [0.25, 0.3) is 0 Å². The maximum atomic E-state index is 11.7. The summed E-state index contributed by atoms with van der Waals surface area (Å²) in [5.74, 6) is 0.0301. The molecule has 4 nitrogen and oxygen atoms in total. The van der Waals surface area contributed by atoms with E-state index in [1.807, 2.05) is 38.1 Å². The number of benzene rings is 1. The molecule has 0 saturated carbocycles. The van der Waals surface area contributed by atoms with Crippen LogP contribution in [0.15, 0.2) is 24.3 Å². The van der Waals surface area contributed by atoms with Gasteiger partial charge in [-0.2, -0.15) is 0 Å². The Balaban J connectivity index is 2.34. The summed E-state index contributed by atoms with van der Waals surface area (Å²) in [6, 6.07) is 7.61. The lowest BCUT2D eigenvalue weighted by atomic mass is 10.1. The Morgan fingerprint density at radius 2 is 2.17 bits per heavy atom. The lowest BCUT2D eigenvalue weighted by Gasteiger charge is -2.23. The minimum absolute atomic E-state index is 0.0301. The van der Waals surface area contributed by atoms with Crippen LogP contribution in [-0.2, 0) is 16.0 Å². The number of hydrogen-bond acceptors (Lipinski definition) is 3. The van der Waals surface area contributed by atoms with Gasteiger partial charge < -0.3 is 15.8 Å². The van der Waals surface area contributed by atoms with E-state index in [9.17, 15) is 4.79 Å². The van der Waals surface area contributed by atoms with Crippen molar-refractivity contribution in [2.75, 3.05) is 19.4 Å². The van der Waals surface area contributed by atoms with Gasteiger partial charge in [-0.1, -0.05) is 12.1 Å². The molecule has 1 aromatic rings. The van der Waals surface area contributed by atoms with Crippen molar-refractivity contribution in [2.24, 2.45) is 0 Å². The van der Waals surface area contributed by atoms with Crippen molar-refractivity contribution < 1.29 is 9.53 Å². The molecule has 0 unspecified atom stereocenters. The fraction of sp³-hybridized carbons (Fsp3) is 0.500. The van der Waals surface area contributed by atoms with Crippen LogP contribution in [0.4, 0.5) is 5.69 Å². The van der Waals surface area contributed by atoms with Crippen LogP contribution in [0, 0.1) is 0 Å². The van der Waals surface area contributed by atoms with E-state index >= 15 is 0 Å². The number of carbonyl (C=O) groups excluding carboxylic acids is 1. The normalized spacial score (nSPS) is 11.3. The van der Waals surface area contributed by atoms with E-state index in [-0.39, 0.29) is 11.5 Å². The van der Waals surface area contributed by atoms with E-state index < -0.39 is 0 Å². The van der Waals surface area contributed by atoms with Gasteiger partial charge in [-0.15, -0.1) is 0 Å². The molecule has 0 bridgehead atoms. The van der Waals surface area contributed by atoms with E-state index in [1.54, 1.807) is 7.11 Å². The smallest absolute Gasteiger partial charge is 0.220 e. The second-order valence-corrected chi connectivity index (χ2v) is 4.99. The Bertz CT molecular complexity index is 403. The number of amides is 1. The minimum Gasteiger partial charge on any atom is -0.399 e. The van der Waals surface area contributed by atoms with Crippen LogP contribution in [0.3, 0.4) is 0 Å². The monoisotopic (exact) mass is 250 g/mol. The highest BCUT2D eigenvalue weighted by molar-refractivity contribution is 5.76. The van der Waals surface area contributed by atoms with E-state index in [0.717, 1.165) is 11.3 Å². The first-order valence-corrected chi connectivity index (χ1v) is 6.09. The summed E-state index contributed by atoms with van der Waals surface area (Å²) in [6.45, 7) is 4.38. The molecule has 3 N–H and O–H groups in total. The summed E-state index contributed by atoms with van der Waals surface area (Å²) in [5.41, 5.74) is 7.16. The first-order chi connectivity index (χ1) is 8.43. The Hall–Kier alpha value is -1.55. The van der Waals surface area contributed by atoms with Crippen molar-refractivity contribution in [3.05, 3.63) is 29.8 Å². The lowest BCUT2D eigenvalue weighted by Crippen LogP contribution is -2.39. The molecule has 0 atom stereocenters. The Morgan fingerprint density at radius 1 is 1.44 bits per heavy atom. The van der Waals surface area contributed by atoms with Gasteiger partial charge in [0, 0.05) is 25.8 Å². The molecule has 1 rings (SSSR count). The Morgan fingerprint density at radius 3 is 2.78 bits per heavy atom. The van der Waals surface area contributed by atoms with Crippen LogP contribution in [-0.4, -0.2) is 25.2 Å². The van der Waals surface area contributed by atoms with Crippen LogP contribution >= 0.6 is 0 Å². The predicted octanol–water partition coefficient (Wildman–Crippen LogP) is 1.74. The lowest BCUT2D eigenvalue weighted by molar-refractivity contribution is -0.122. The molecule has 0 saturated heterocycles. The quantitative estimate of drug-likeness (QED) is 0.756. The number of hydrogen-bond donors (Lipinski definition) is 2. The van der Waals surface area contributed by atoms with Crippen LogP contribution in [0.1, 0.15) is 25.8 Å². The van der Waals surface area contributed by atoms with Crippen LogP contribution in [0.25, 0.3) is 0 Å². The molecule has 18 heavy (non-hydrogen) atoms. The summed E-state index contributed by atoms with van der Waals surface area (Å²) in [6.07, 6.45) is 1.16. The minimum atomic E-state index is -0.327. The van der Waals surface area contributed by atoms with Crippen molar-refractivity contribution in [1.82, 2.24) is 5.32 Å². The van der Waals surface area contributed by atoms with Gasteiger partial charge in [-0.25, -0.2) is 0 Å². The number of methoxy groups -OCH3 is 1. The maximum Gasteiger partial charge on any atom is 0.220 e. The van der Waals surface area contributed by atoms with Crippen molar-refractivity contribution in [2.45, 2.75) is 32.3 Å². The number of carbonyl (C=O) groups is 1. The number of nitrogens with one attached hydrogen (secondary N) is 1. The zero-order valence-corrected chi connectivity index (χ0v) is 11.3. The van der Waals surface area contributed by atoms with Gasteiger partial charge in [0.2, 0.25) is 5.91 Å². The number of aryl methyl sites for hydroxylation is 1. The number of anilines is 1. The van der Waals surface area contributed by atoms with E-state index in [0.29, 0.717) is 19.4 Å². The average molecular weight is 250 g/mol. The Kier molecular flexibility index (Phi) is 5.16. The molecule has 1 aromatic carbocycles. The largest absolute Gasteiger partial charge is 0.399 e. The summed E-state index contributed by atoms with van der Waals surface area (Å²) in [5, 5.41) is 2.86. The number of nitrogen functional groups attached to an aromatic ring is 1. The van der Waals surface area contributed by atoms with E-state index in [1.165, 1.54) is 0 Å². The highest BCUT2D eigenvalue weighted by atomic mass is 16.5. The molecule has 1 amide bonds. The summed E-state index contributed by atoms with van der Waals surface area (Å²) in [7, 11) is 1.64. The van der Waals surface area contributed by atoms with E-state index in [2.05, 4.69) is 5.32 Å². The molecule has 4 heteroatoms. The molecule has 0 radical (unpaired) electrons. The molecule has 100 valence electrons. The summed E-state index contributed by atoms with van der Waals surface area (Å²) in [4.78, 5) is 11.7.